The molecule has 0 saturated carbocycles. The second kappa shape index (κ2) is 7.08. The van der Waals surface area contributed by atoms with E-state index in [0.717, 1.165) is 33.3 Å². The number of fused-ring (bicyclic) bond motifs is 1. The van der Waals surface area contributed by atoms with Crippen molar-refractivity contribution in [3.05, 3.63) is 66.5 Å². The summed E-state index contributed by atoms with van der Waals surface area (Å²) in [6.07, 6.45) is 3.68. The predicted molar refractivity (Wildman–Crippen MR) is 107 cm³/mol. The third kappa shape index (κ3) is 3.05. The predicted octanol–water partition coefficient (Wildman–Crippen LogP) is 4.61. The number of aromatic nitrogens is 2. The van der Waals surface area contributed by atoms with Crippen molar-refractivity contribution < 1.29 is 19.4 Å². The first-order valence-corrected chi connectivity index (χ1v) is 8.64. The zero-order valence-corrected chi connectivity index (χ0v) is 15.4. The molecular formula is C22H18N2O4. The van der Waals surface area contributed by atoms with Crippen molar-refractivity contribution in [2.45, 2.75) is 0 Å². The van der Waals surface area contributed by atoms with Gasteiger partial charge in [-0.15, -0.1) is 0 Å². The molecule has 28 heavy (non-hydrogen) atoms. The molecule has 0 unspecified atom stereocenters. The molecule has 0 aliphatic rings. The summed E-state index contributed by atoms with van der Waals surface area (Å²) >= 11 is 0. The first-order valence-electron chi connectivity index (χ1n) is 8.64. The van der Waals surface area contributed by atoms with E-state index in [9.17, 15) is 4.79 Å². The molecule has 4 aromatic rings. The van der Waals surface area contributed by atoms with Crippen molar-refractivity contribution >= 4 is 17.0 Å². The summed E-state index contributed by atoms with van der Waals surface area (Å²) in [5.41, 5.74) is 4.80. The lowest BCUT2D eigenvalue weighted by molar-refractivity contribution is 0.0697. The highest BCUT2D eigenvalue weighted by Crippen LogP contribution is 2.35. The number of hydrogen-bond donors (Lipinski definition) is 2. The summed E-state index contributed by atoms with van der Waals surface area (Å²) in [5.74, 6) is 0.377. The van der Waals surface area contributed by atoms with Crippen LogP contribution in [-0.4, -0.2) is 35.3 Å². The van der Waals surface area contributed by atoms with Gasteiger partial charge in [0.05, 0.1) is 19.8 Å². The van der Waals surface area contributed by atoms with Gasteiger partial charge in [0.15, 0.2) is 11.5 Å². The number of carbonyl (C=O) groups is 1. The van der Waals surface area contributed by atoms with Gasteiger partial charge in [-0.3, -0.25) is 0 Å². The van der Waals surface area contributed by atoms with Gasteiger partial charge >= 0.3 is 5.97 Å². The first-order chi connectivity index (χ1) is 13.6. The highest BCUT2D eigenvalue weighted by Gasteiger charge is 2.12. The van der Waals surface area contributed by atoms with Gasteiger partial charge in [-0.2, -0.15) is 0 Å². The maximum atomic E-state index is 11.1. The van der Waals surface area contributed by atoms with Gasteiger partial charge in [0.2, 0.25) is 0 Å². The minimum Gasteiger partial charge on any atom is -0.493 e. The molecule has 2 heterocycles. The van der Waals surface area contributed by atoms with E-state index in [-0.39, 0.29) is 5.56 Å². The van der Waals surface area contributed by atoms with Gasteiger partial charge in [0, 0.05) is 28.9 Å². The first kappa shape index (κ1) is 17.6. The molecule has 0 amide bonds. The van der Waals surface area contributed by atoms with E-state index in [1.807, 2.05) is 24.4 Å². The number of aromatic carboxylic acids is 1. The van der Waals surface area contributed by atoms with E-state index in [4.69, 9.17) is 14.6 Å². The molecule has 2 N–H and O–H groups in total. The zero-order valence-electron chi connectivity index (χ0n) is 15.4. The molecule has 0 saturated heterocycles. The summed E-state index contributed by atoms with van der Waals surface area (Å²) in [6.45, 7) is 0. The molecule has 0 fully saturated rings. The van der Waals surface area contributed by atoms with Crippen LogP contribution in [0.5, 0.6) is 11.5 Å². The zero-order chi connectivity index (χ0) is 19.7. The second-order valence-electron chi connectivity index (χ2n) is 6.27. The molecule has 2 aromatic carbocycles. The lowest BCUT2D eigenvalue weighted by Crippen LogP contribution is -1.94. The van der Waals surface area contributed by atoms with Crippen molar-refractivity contribution in [2.24, 2.45) is 0 Å². The number of rotatable bonds is 5. The average molecular weight is 374 g/mol. The maximum Gasteiger partial charge on any atom is 0.335 e. The Balaban J connectivity index is 1.79. The lowest BCUT2D eigenvalue weighted by atomic mass is 10.0. The Bertz CT molecular complexity index is 1160. The minimum absolute atomic E-state index is 0.257. The van der Waals surface area contributed by atoms with Crippen LogP contribution in [0.15, 0.2) is 60.9 Å². The Morgan fingerprint density at radius 2 is 1.64 bits per heavy atom. The van der Waals surface area contributed by atoms with E-state index in [1.165, 1.54) is 0 Å². The number of pyridine rings is 1. The van der Waals surface area contributed by atoms with Gasteiger partial charge in [0.1, 0.15) is 5.65 Å². The number of carboxylic acids is 1. The van der Waals surface area contributed by atoms with E-state index in [0.29, 0.717) is 11.5 Å². The van der Waals surface area contributed by atoms with Crippen LogP contribution >= 0.6 is 0 Å². The van der Waals surface area contributed by atoms with Crippen LogP contribution < -0.4 is 9.47 Å². The fraction of sp³-hybridized carbons (Fsp3) is 0.0909. The van der Waals surface area contributed by atoms with E-state index in [2.05, 4.69) is 16.0 Å². The highest BCUT2D eigenvalue weighted by atomic mass is 16.5. The van der Waals surface area contributed by atoms with Crippen molar-refractivity contribution in [3.8, 4) is 33.8 Å². The van der Waals surface area contributed by atoms with Gasteiger partial charge in [-0.25, -0.2) is 9.78 Å². The van der Waals surface area contributed by atoms with E-state index in [1.54, 1.807) is 44.7 Å². The molecular weight excluding hydrogens is 356 g/mol. The van der Waals surface area contributed by atoms with E-state index < -0.39 is 5.97 Å². The number of aromatic amines is 1. The molecule has 140 valence electrons. The molecule has 4 rings (SSSR count). The number of benzene rings is 2. The standard InChI is InChI=1S/C22H18N2O4/c1-27-19-8-7-15(10-20(19)28-2)16-9-17-18(12-24-21(17)23-11-16)13-3-5-14(6-4-13)22(25)26/h3-12H,1-2H3,(H,23,24)(H,25,26). The number of H-pyrrole nitrogens is 1. The Morgan fingerprint density at radius 1 is 0.929 bits per heavy atom. The SMILES string of the molecule is COc1ccc(-c2cnc3[nH]cc(-c4ccc(C(=O)O)cc4)c3c2)cc1OC. The number of carboxylic acid groups (broad SMARTS) is 1. The number of ether oxygens (including phenoxy) is 2. The van der Waals surface area contributed by atoms with Crippen LogP contribution in [0.2, 0.25) is 0 Å². The largest absolute Gasteiger partial charge is 0.493 e. The summed E-state index contributed by atoms with van der Waals surface area (Å²) < 4.78 is 10.7. The van der Waals surface area contributed by atoms with Crippen LogP contribution in [-0.2, 0) is 0 Å². The Morgan fingerprint density at radius 3 is 2.32 bits per heavy atom. The summed E-state index contributed by atoms with van der Waals surface area (Å²) in [5, 5.41) is 10.0. The average Bonchev–Trinajstić information content (AvgIpc) is 3.16. The topological polar surface area (TPSA) is 84.4 Å². The van der Waals surface area contributed by atoms with Crippen LogP contribution in [0.3, 0.4) is 0 Å². The number of nitrogens with one attached hydrogen (secondary N) is 1. The van der Waals surface area contributed by atoms with Crippen LogP contribution in [0.4, 0.5) is 0 Å². The molecule has 0 aliphatic heterocycles. The van der Waals surface area contributed by atoms with Gasteiger partial charge in [-0.1, -0.05) is 18.2 Å². The Hall–Kier alpha value is -3.80. The van der Waals surface area contributed by atoms with Gasteiger partial charge in [-0.05, 0) is 41.5 Å². The third-order valence-corrected chi connectivity index (χ3v) is 4.69. The number of methoxy groups -OCH3 is 2. The molecule has 0 atom stereocenters. The van der Waals surface area contributed by atoms with Crippen LogP contribution in [0.1, 0.15) is 10.4 Å². The molecule has 0 aliphatic carbocycles. The van der Waals surface area contributed by atoms with Crippen molar-refractivity contribution in [2.75, 3.05) is 14.2 Å². The maximum absolute atomic E-state index is 11.1. The molecule has 6 heteroatoms. The van der Waals surface area contributed by atoms with Crippen molar-refractivity contribution in [3.63, 3.8) is 0 Å². The summed E-state index contributed by atoms with van der Waals surface area (Å²) in [7, 11) is 3.21. The molecule has 0 radical (unpaired) electrons. The Kier molecular flexibility index (Phi) is 4.45. The quantitative estimate of drug-likeness (QED) is 0.533. The fourth-order valence-corrected chi connectivity index (χ4v) is 3.21. The summed E-state index contributed by atoms with van der Waals surface area (Å²) in [4.78, 5) is 18.8. The number of hydrogen-bond acceptors (Lipinski definition) is 4. The summed E-state index contributed by atoms with van der Waals surface area (Å²) in [6, 6.07) is 14.6. The molecule has 2 aromatic heterocycles. The molecule has 0 bridgehead atoms. The van der Waals surface area contributed by atoms with E-state index >= 15 is 0 Å². The smallest absolute Gasteiger partial charge is 0.335 e. The molecule has 6 nitrogen and oxygen atoms in total. The highest BCUT2D eigenvalue weighted by molar-refractivity contribution is 5.96. The van der Waals surface area contributed by atoms with Crippen molar-refractivity contribution in [1.29, 1.82) is 0 Å². The van der Waals surface area contributed by atoms with Crippen LogP contribution in [0.25, 0.3) is 33.3 Å². The number of nitrogens with zero attached hydrogens (tertiary/aromatic N) is 1. The van der Waals surface area contributed by atoms with Crippen molar-refractivity contribution in [1.82, 2.24) is 9.97 Å². The lowest BCUT2D eigenvalue weighted by Gasteiger charge is -2.10. The Labute approximate surface area is 161 Å². The normalized spacial score (nSPS) is 10.8. The van der Waals surface area contributed by atoms with Crippen LogP contribution in [0, 0.1) is 0 Å². The second-order valence-corrected chi connectivity index (χ2v) is 6.27. The van der Waals surface area contributed by atoms with Gasteiger partial charge in [0.25, 0.3) is 0 Å². The minimum atomic E-state index is -0.942. The fourth-order valence-electron chi connectivity index (χ4n) is 3.21. The van der Waals surface area contributed by atoms with Gasteiger partial charge < -0.3 is 19.6 Å². The molecule has 0 spiro atoms. The monoisotopic (exact) mass is 374 g/mol. The third-order valence-electron chi connectivity index (χ3n) is 4.69.